The van der Waals surface area contributed by atoms with E-state index in [-0.39, 0.29) is 10.9 Å². The summed E-state index contributed by atoms with van der Waals surface area (Å²) in [6, 6.07) is 12.9. The highest BCUT2D eigenvalue weighted by atomic mass is 32.1. The van der Waals surface area contributed by atoms with Gasteiger partial charge in [-0.3, -0.25) is 4.79 Å². The van der Waals surface area contributed by atoms with Crippen molar-refractivity contribution >= 4 is 21.6 Å². The third-order valence-electron chi connectivity index (χ3n) is 6.73. The summed E-state index contributed by atoms with van der Waals surface area (Å²) in [5.41, 5.74) is 11.5. The maximum absolute atomic E-state index is 11.4. The lowest BCUT2D eigenvalue weighted by atomic mass is 9.77. The van der Waals surface area contributed by atoms with Crippen LogP contribution in [0.2, 0.25) is 0 Å². The molecule has 2 unspecified atom stereocenters. The summed E-state index contributed by atoms with van der Waals surface area (Å²) < 4.78 is 6.62. The van der Waals surface area contributed by atoms with Gasteiger partial charge in [-0.15, -0.1) is 0 Å². The number of nitrogens with two attached hydrogens (primary N) is 1. The van der Waals surface area contributed by atoms with Crippen LogP contribution in [0.5, 0.6) is 5.75 Å². The molecule has 0 radical (unpaired) electrons. The number of fused-ring (bicyclic) bond motifs is 2. The zero-order valence-electron chi connectivity index (χ0n) is 19.0. The topological polar surface area (TPSA) is 80.1 Å². The number of methoxy groups -OCH3 is 1. The van der Waals surface area contributed by atoms with E-state index in [9.17, 15) is 4.79 Å². The number of hydrogen-bond donors (Lipinski definition) is 3. The molecular formula is C26H35N3O2S. The third kappa shape index (κ3) is 5.61. The van der Waals surface area contributed by atoms with E-state index < -0.39 is 0 Å². The van der Waals surface area contributed by atoms with Crippen LogP contribution in [0.4, 0.5) is 0 Å². The number of H-pyrrole nitrogens is 1. The van der Waals surface area contributed by atoms with E-state index in [1.807, 2.05) is 6.07 Å². The van der Waals surface area contributed by atoms with Crippen molar-refractivity contribution in [3.63, 3.8) is 0 Å². The highest BCUT2D eigenvalue weighted by molar-refractivity contribution is 7.16. The first-order valence-corrected chi connectivity index (χ1v) is 12.7. The molecule has 4 rings (SSSR count). The minimum Gasteiger partial charge on any atom is -0.496 e. The fraction of sp³-hybridized carbons (Fsp3) is 0.500. The summed E-state index contributed by atoms with van der Waals surface area (Å²) in [6.07, 6.45) is 9.19. The van der Waals surface area contributed by atoms with Crippen LogP contribution in [0, 0.1) is 0 Å². The molecule has 1 heterocycles. The molecule has 1 aromatic heterocycles. The number of benzene rings is 2. The average Bonchev–Trinajstić information content (AvgIpc) is 3.17. The smallest absolute Gasteiger partial charge is 0.305 e. The normalized spacial score (nSPS) is 18.1. The number of rotatable bonds is 11. The van der Waals surface area contributed by atoms with E-state index >= 15 is 0 Å². The summed E-state index contributed by atoms with van der Waals surface area (Å²) in [4.78, 5) is 14.3. The van der Waals surface area contributed by atoms with Gasteiger partial charge in [0.15, 0.2) is 0 Å². The van der Waals surface area contributed by atoms with Crippen LogP contribution in [0.3, 0.4) is 0 Å². The number of nitrogens with one attached hydrogen (secondary N) is 2. The molecule has 0 spiro atoms. The van der Waals surface area contributed by atoms with Gasteiger partial charge in [0.25, 0.3) is 0 Å². The monoisotopic (exact) mass is 453 g/mol. The molecule has 1 aliphatic carbocycles. The van der Waals surface area contributed by atoms with Gasteiger partial charge < -0.3 is 20.8 Å². The Bertz CT molecular complexity index is 1070. The van der Waals surface area contributed by atoms with Gasteiger partial charge in [-0.2, -0.15) is 0 Å². The van der Waals surface area contributed by atoms with Crippen LogP contribution >= 0.6 is 11.3 Å². The summed E-state index contributed by atoms with van der Waals surface area (Å²) in [5, 5.41) is 3.56. The molecule has 3 aromatic rings. The Balaban J connectivity index is 1.12. The highest BCUT2D eigenvalue weighted by Gasteiger charge is 2.28. The Hall–Kier alpha value is -2.15. The zero-order chi connectivity index (χ0) is 22.3. The minimum atomic E-state index is 0.0182. The highest BCUT2D eigenvalue weighted by Crippen LogP contribution is 2.38. The minimum absolute atomic E-state index is 0.0182. The maximum atomic E-state index is 11.4. The Morgan fingerprint density at radius 2 is 2.03 bits per heavy atom. The molecule has 0 saturated heterocycles. The Morgan fingerprint density at radius 3 is 2.91 bits per heavy atom. The van der Waals surface area contributed by atoms with Gasteiger partial charge >= 0.3 is 4.87 Å². The molecule has 5 nitrogen and oxygen atoms in total. The van der Waals surface area contributed by atoms with Crippen molar-refractivity contribution in [3.05, 3.63) is 62.8 Å². The maximum Gasteiger partial charge on any atom is 0.305 e. The lowest BCUT2D eigenvalue weighted by Gasteiger charge is -2.32. The van der Waals surface area contributed by atoms with Crippen LogP contribution in [-0.4, -0.2) is 31.2 Å². The Morgan fingerprint density at radius 1 is 1.16 bits per heavy atom. The second kappa shape index (κ2) is 11.1. The molecule has 32 heavy (non-hydrogen) atoms. The first kappa shape index (κ1) is 23.0. The number of aromatic amines is 1. The van der Waals surface area contributed by atoms with E-state index in [1.54, 1.807) is 7.11 Å². The average molecular weight is 454 g/mol. The van der Waals surface area contributed by atoms with Crippen molar-refractivity contribution in [1.82, 2.24) is 10.3 Å². The van der Waals surface area contributed by atoms with E-state index in [0.717, 1.165) is 48.3 Å². The molecule has 1 aliphatic rings. The van der Waals surface area contributed by atoms with Gasteiger partial charge in [0.05, 0.1) is 17.3 Å². The molecule has 0 amide bonds. The van der Waals surface area contributed by atoms with Gasteiger partial charge in [0, 0.05) is 6.04 Å². The largest absolute Gasteiger partial charge is 0.496 e. The van der Waals surface area contributed by atoms with Crippen LogP contribution in [0.15, 0.2) is 41.2 Å². The van der Waals surface area contributed by atoms with Crippen LogP contribution in [0.25, 0.3) is 10.2 Å². The van der Waals surface area contributed by atoms with E-state index in [4.69, 9.17) is 10.5 Å². The van der Waals surface area contributed by atoms with Gasteiger partial charge in [0.1, 0.15) is 5.75 Å². The first-order chi connectivity index (χ1) is 15.7. The van der Waals surface area contributed by atoms with Crippen molar-refractivity contribution in [3.8, 4) is 5.75 Å². The van der Waals surface area contributed by atoms with Gasteiger partial charge in [0.2, 0.25) is 0 Å². The number of thiazole rings is 1. The quantitative estimate of drug-likeness (QED) is 0.367. The number of aromatic nitrogens is 1. The van der Waals surface area contributed by atoms with Crippen molar-refractivity contribution < 1.29 is 4.74 Å². The summed E-state index contributed by atoms with van der Waals surface area (Å²) >= 11 is 1.28. The van der Waals surface area contributed by atoms with Gasteiger partial charge in [-0.1, -0.05) is 48.8 Å². The lowest BCUT2D eigenvalue weighted by Crippen LogP contribution is -2.33. The van der Waals surface area contributed by atoms with Crippen molar-refractivity contribution in [1.29, 1.82) is 0 Å². The van der Waals surface area contributed by atoms with E-state index in [1.165, 1.54) is 60.1 Å². The number of ether oxygens (including phenoxy) is 1. The molecular weight excluding hydrogens is 418 g/mol. The molecule has 2 aromatic carbocycles. The molecule has 4 N–H and O–H groups in total. The molecule has 6 heteroatoms. The predicted molar refractivity (Wildman–Crippen MR) is 134 cm³/mol. The van der Waals surface area contributed by atoms with Crippen LogP contribution in [-0.2, 0) is 12.8 Å². The van der Waals surface area contributed by atoms with Crippen molar-refractivity contribution in [2.24, 2.45) is 5.73 Å². The molecule has 0 saturated carbocycles. The molecule has 0 aliphatic heterocycles. The Kier molecular flexibility index (Phi) is 8.00. The summed E-state index contributed by atoms with van der Waals surface area (Å²) in [5.74, 6) is 1.48. The SMILES string of the molecule is COc1cccc2c1CCC(N)C2CCCCCCNCCc1ccc2[nH]c(=O)sc2c1. The summed E-state index contributed by atoms with van der Waals surface area (Å²) in [7, 11) is 1.76. The predicted octanol–water partition coefficient (Wildman–Crippen LogP) is 4.74. The van der Waals surface area contributed by atoms with Crippen LogP contribution < -0.4 is 20.7 Å². The number of unbranched alkanes of at least 4 members (excludes halogenated alkanes) is 3. The summed E-state index contributed by atoms with van der Waals surface area (Å²) in [6.45, 7) is 2.03. The number of hydrogen-bond acceptors (Lipinski definition) is 5. The van der Waals surface area contributed by atoms with Gasteiger partial charge in [-0.05, 0) is 86.0 Å². The second-order valence-corrected chi connectivity index (χ2v) is 9.90. The molecule has 0 fully saturated rings. The van der Waals surface area contributed by atoms with E-state index in [2.05, 4.69) is 40.6 Å². The van der Waals surface area contributed by atoms with Crippen molar-refractivity contribution in [2.75, 3.05) is 20.2 Å². The lowest BCUT2D eigenvalue weighted by molar-refractivity contribution is 0.388. The van der Waals surface area contributed by atoms with Crippen LogP contribution in [0.1, 0.15) is 61.1 Å². The van der Waals surface area contributed by atoms with Crippen molar-refractivity contribution in [2.45, 2.75) is 63.3 Å². The fourth-order valence-corrected chi connectivity index (χ4v) is 5.77. The standard InChI is InChI=1S/C26H35N3O2S/c1-31-24-9-6-8-19-20(22(27)12-11-21(19)24)7-4-2-3-5-15-28-16-14-18-10-13-23-25(17-18)32-26(30)29-23/h6,8-10,13,17,20,22,28H,2-5,7,11-12,14-16,27H2,1H3,(H,29,30). The zero-order valence-corrected chi connectivity index (χ0v) is 19.8. The molecule has 172 valence electrons. The fourth-order valence-electron chi connectivity index (χ4n) is 4.97. The third-order valence-corrected chi connectivity index (χ3v) is 7.57. The van der Waals surface area contributed by atoms with Gasteiger partial charge in [-0.25, -0.2) is 0 Å². The van der Waals surface area contributed by atoms with E-state index in [0.29, 0.717) is 5.92 Å². The second-order valence-electron chi connectivity index (χ2n) is 8.88. The Labute approximate surface area is 194 Å². The molecule has 0 bridgehead atoms. The first-order valence-electron chi connectivity index (χ1n) is 11.9. The molecule has 2 atom stereocenters.